The maximum Gasteiger partial charge on any atom is 0.235 e. The number of hydrogen-bond donors (Lipinski definition) is 1. The van der Waals surface area contributed by atoms with E-state index >= 15 is 0 Å². The van der Waals surface area contributed by atoms with E-state index in [9.17, 15) is 9.90 Å². The molecule has 1 fully saturated rings. The Morgan fingerprint density at radius 3 is 2.68 bits per heavy atom. The molecule has 0 heterocycles. The molecule has 3 nitrogen and oxygen atoms in total. The minimum Gasteiger partial charge on any atom is -0.508 e. The lowest BCUT2D eigenvalue weighted by atomic mass is 9.70. The topological polar surface area (TPSA) is 49.7 Å². The number of carbonyl (C=O) groups excluding carboxylic acids is 1. The Labute approximate surface area is 119 Å². The van der Waals surface area contributed by atoms with Gasteiger partial charge in [0.15, 0.2) is 0 Å². The van der Waals surface area contributed by atoms with Crippen molar-refractivity contribution in [1.82, 2.24) is 0 Å². The van der Waals surface area contributed by atoms with Gasteiger partial charge in [-0.15, -0.1) is 0 Å². The number of hydrogen-bond acceptors (Lipinski definition) is 3. The Balaban J connectivity index is 2.33. The van der Waals surface area contributed by atoms with Gasteiger partial charge in [-0.2, -0.15) is 4.99 Å². The summed E-state index contributed by atoms with van der Waals surface area (Å²) in [6.07, 6.45) is 4.24. The molecular formula is C15H12BrNO2. The molecule has 0 spiro atoms. The highest BCUT2D eigenvalue weighted by Crippen LogP contribution is 2.50. The van der Waals surface area contributed by atoms with Crippen molar-refractivity contribution in [3.8, 4) is 5.75 Å². The Kier molecular flexibility index (Phi) is 2.92. The summed E-state index contributed by atoms with van der Waals surface area (Å²) in [5.74, 6) is 0.202. The predicted octanol–water partition coefficient (Wildman–Crippen LogP) is 4.02. The summed E-state index contributed by atoms with van der Waals surface area (Å²) in [4.78, 5) is 14.7. The monoisotopic (exact) mass is 317 g/mol. The molecule has 1 saturated carbocycles. The van der Waals surface area contributed by atoms with Gasteiger partial charge in [-0.3, -0.25) is 0 Å². The third-order valence-corrected chi connectivity index (χ3v) is 4.36. The second-order valence-electron chi connectivity index (χ2n) is 4.91. The van der Waals surface area contributed by atoms with E-state index in [0.717, 1.165) is 40.1 Å². The van der Waals surface area contributed by atoms with Gasteiger partial charge >= 0.3 is 0 Å². The van der Waals surface area contributed by atoms with Crippen molar-refractivity contribution in [2.45, 2.75) is 24.8 Å². The lowest BCUT2D eigenvalue weighted by Gasteiger charge is -2.38. The molecule has 0 bridgehead atoms. The van der Waals surface area contributed by atoms with Gasteiger partial charge in [0.25, 0.3) is 0 Å². The van der Waals surface area contributed by atoms with Crippen molar-refractivity contribution < 1.29 is 9.90 Å². The van der Waals surface area contributed by atoms with Crippen LogP contribution < -0.4 is 0 Å². The zero-order valence-electron chi connectivity index (χ0n) is 10.2. The predicted molar refractivity (Wildman–Crippen MR) is 77.0 cm³/mol. The van der Waals surface area contributed by atoms with Crippen molar-refractivity contribution in [1.29, 1.82) is 0 Å². The zero-order valence-corrected chi connectivity index (χ0v) is 11.8. The first-order valence-corrected chi connectivity index (χ1v) is 6.96. The number of aromatic hydroxyl groups is 1. The molecule has 2 aromatic carbocycles. The number of phenolic OH excluding ortho intramolecular Hbond substituents is 1. The Morgan fingerprint density at radius 2 is 2.05 bits per heavy atom. The largest absolute Gasteiger partial charge is 0.508 e. The average molecular weight is 318 g/mol. The van der Waals surface area contributed by atoms with Gasteiger partial charge < -0.3 is 5.11 Å². The van der Waals surface area contributed by atoms with Crippen molar-refractivity contribution >= 4 is 32.8 Å². The van der Waals surface area contributed by atoms with Gasteiger partial charge in [-0.1, -0.05) is 28.1 Å². The summed E-state index contributed by atoms with van der Waals surface area (Å²) in [6.45, 7) is 0. The zero-order chi connectivity index (χ0) is 13.5. The Bertz CT molecular complexity index is 701. The van der Waals surface area contributed by atoms with Crippen LogP contribution in [0.4, 0.5) is 0 Å². The summed E-state index contributed by atoms with van der Waals surface area (Å²) >= 11 is 3.44. The highest BCUT2D eigenvalue weighted by molar-refractivity contribution is 9.10. The van der Waals surface area contributed by atoms with E-state index in [-0.39, 0.29) is 5.75 Å². The standard InChI is InChI=1S/C15H12BrNO2/c16-11-3-4-12-10(8-11)2-5-13(19)14(12)15(17-9-18)6-1-7-15/h2-5,8,19H,1,6-7H2. The van der Waals surface area contributed by atoms with Crippen LogP contribution in [0.15, 0.2) is 39.8 Å². The maximum absolute atomic E-state index is 10.7. The van der Waals surface area contributed by atoms with E-state index in [4.69, 9.17) is 0 Å². The number of rotatable bonds is 2. The minimum atomic E-state index is -0.584. The SMILES string of the molecule is O=C=NC1(c2c(O)ccc3cc(Br)ccc23)CCC1. The van der Waals surface area contributed by atoms with Gasteiger partial charge in [0.1, 0.15) is 11.3 Å². The first-order chi connectivity index (χ1) is 9.16. The number of fused-ring (bicyclic) bond motifs is 1. The van der Waals surface area contributed by atoms with E-state index in [2.05, 4.69) is 20.9 Å². The lowest BCUT2D eigenvalue weighted by molar-refractivity contribution is 0.250. The van der Waals surface area contributed by atoms with Crippen LogP contribution in [0, 0.1) is 0 Å². The Morgan fingerprint density at radius 1 is 1.26 bits per heavy atom. The number of nitrogens with zero attached hydrogens (tertiary/aromatic N) is 1. The van der Waals surface area contributed by atoms with E-state index in [0.29, 0.717) is 0 Å². The molecule has 19 heavy (non-hydrogen) atoms. The molecule has 96 valence electrons. The molecule has 0 unspecified atom stereocenters. The van der Waals surface area contributed by atoms with Crippen LogP contribution >= 0.6 is 15.9 Å². The van der Waals surface area contributed by atoms with Crippen molar-refractivity contribution in [2.24, 2.45) is 4.99 Å². The number of isocyanates is 1. The van der Waals surface area contributed by atoms with Crippen LogP contribution in [0.1, 0.15) is 24.8 Å². The van der Waals surface area contributed by atoms with E-state index in [1.54, 1.807) is 12.1 Å². The second-order valence-corrected chi connectivity index (χ2v) is 5.83. The summed E-state index contributed by atoms with van der Waals surface area (Å²) in [5, 5.41) is 12.2. The van der Waals surface area contributed by atoms with Crippen LogP contribution in [-0.2, 0) is 10.3 Å². The summed E-state index contributed by atoms with van der Waals surface area (Å²) in [5.41, 5.74) is 0.172. The quantitative estimate of drug-likeness (QED) is 0.671. The molecular weight excluding hydrogens is 306 g/mol. The normalized spacial score (nSPS) is 16.7. The van der Waals surface area contributed by atoms with Crippen LogP contribution in [0.2, 0.25) is 0 Å². The number of benzene rings is 2. The van der Waals surface area contributed by atoms with Gasteiger partial charge in [-0.25, -0.2) is 4.79 Å². The van der Waals surface area contributed by atoms with Crippen molar-refractivity contribution in [3.05, 3.63) is 40.4 Å². The van der Waals surface area contributed by atoms with E-state index < -0.39 is 5.54 Å². The molecule has 0 amide bonds. The average Bonchev–Trinajstić information content (AvgIpc) is 2.35. The molecule has 1 aliphatic carbocycles. The maximum atomic E-state index is 10.7. The van der Waals surface area contributed by atoms with Gasteiger partial charge in [-0.05, 0) is 48.2 Å². The Hall–Kier alpha value is -1.64. The van der Waals surface area contributed by atoms with Crippen LogP contribution in [0.25, 0.3) is 10.8 Å². The first kappa shape index (κ1) is 12.4. The fourth-order valence-electron chi connectivity index (χ4n) is 2.79. The van der Waals surface area contributed by atoms with E-state index in [1.807, 2.05) is 24.3 Å². The minimum absolute atomic E-state index is 0.202. The highest BCUT2D eigenvalue weighted by atomic mass is 79.9. The number of phenols is 1. The molecule has 3 rings (SSSR count). The van der Waals surface area contributed by atoms with Crippen LogP contribution in [0.5, 0.6) is 5.75 Å². The molecule has 0 saturated heterocycles. The molecule has 1 N–H and O–H groups in total. The summed E-state index contributed by atoms with van der Waals surface area (Å²) in [7, 11) is 0. The third kappa shape index (κ3) is 1.88. The van der Waals surface area contributed by atoms with Gasteiger partial charge in [0, 0.05) is 10.0 Å². The molecule has 4 heteroatoms. The van der Waals surface area contributed by atoms with Crippen molar-refractivity contribution in [2.75, 3.05) is 0 Å². The second kappa shape index (κ2) is 4.48. The molecule has 1 aliphatic rings. The highest BCUT2D eigenvalue weighted by Gasteiger charge is 2.41. The fourth-order valence-corrected chi connectivity index (χ4v) is 3.17. The van der Waals surface area contributed by atoms with Crippen molar-refractivity contribution in [3.63, 3.8) is 0 Å². The smallest absolute Gasteiger partial charge is 0.235 e. The van der Waals surface area contributed by atoms with Gasteiger partial charge in [0.2, 0.25) is 6.08 Å². The van der Waals surface area contributed by atoms with Crippen LogP contribution in [0.3, 0.4) is 0 Å². The molecule has 0 radical (unpaired) electrons. The molecule has 0 aliphatic heterocycles. The third-order valence-electron chi connectivity index (χ3n) is 3.87. The molecule has 2 aromatic rings. The number of aliphatic imine (C=N–C) groups is 1. The van der Waals surface area contributed by atoms with E-state index in [1.165, 1.54) is 0 Å². The molecule has 0 aromatic heterocycles. The first-order valence-electron chi connectivity index (χ1n) is 6.17. The van der Waals surface area contributed by atoms with Crippen LogP contribution in [-0.4, -0.2) is 11.2 Å². The number of halogens is 1. The fraction of sp³-hybridized carbons (Fsp3) is 0.267. The molecule has 0 atom stereocenters. The lowest BCUT2D eigenvalue weighted by Crippen LogP contribution is -2.32. The summed E-state index contributed by atoms with van der Waals surface area (Å²) in [6, 6.07) is 9.42. The summed E-state index contributed by atoms with van der Waals surface area (Å²) < 4.78 is 0.984. The van der Waals surface area contributed by atoms with Gasteiger partial charge in [0.05, 0.1) is 0 Å².